The third-order valence-corrected chi connectivity index (χ3v) is 4.27. The van der Waals surface area contributed by atoms with Crippen LogP contribution >= 0.6 is 11.6 Å². The van der Waals surface area contributed by atoms with Gasteiger partial charge in [-0.05, 0) is 35.9 Å². The highest BCUT2D eigenvalue weighted by molar-refractivity contribution is 6.30. The Morgan fingerprint density at radius 1 is 1.00 bits per heavy atom. The van der Waals surface area contributed by atoms with Crippen molar-refractivity contribution in [1.82, 2.24) is 20.8 Å². The molecule has 5 N–H and O–H groups in total. The molecule has 3 aromatic rings. The van der Waals surface area contributed by atoms with Gasteiger partial charge in [-0.15, -0.1) is 0 Å². The number of primary amides is 1. The highest BCUT2D eigenvalue weighted by Gasteiger charge is 2.12. The van der Waals surface area contributed by atoms with Crippen LogP contribution in [0.5, 0.6) is 0 Å². The fraction of sp³-hybridized carbons (Fsp3) is 0.100. The van der Waals surface area contributed by atoms with Crippen LogP contribution in [0.15, 0.2) is 54.6 Å². The minimum Gasteiger partial charge on any atom is -0.368 e. The van der Waals surface area contributed by atoms with E-state index < -0.39 is 11.8 Å². The summed E-state index contributed by atoms with van der Waals surface area (Å²) in [6.07, 6.45) is 0. The monoisotopic (exact) mass is 411 g/mol. The summed E-state index contributed by atoms with van der Waals surface area (Å²) < 4.78 is 0. The maximum atomic E-state index is 12.3. The number of carbonyl (C=O) groups is 3. The van der Waals surface area contributed by atoms with Crippen molar-refractivity contribution in [1.29, 1.82) is 0 Å². The Morgan fingerprint density at radius 3 is 2.45 bits per heavy atom. The highest BCUT2D eigenvalue weighted by Crippen LogP contribution is 2.21. The Morgan fingerprint density at radius 2 is 1.76 bits per heavy atom. The number of rotatable bonds is 7. The molecule has 1 aromatic heterocycles. The Bertz CT molecular complexity index is 1050. The molecule has 0 aliphatic carbocycles. The molecule has 148 valence electrons. The van der Waals surface area contributed by atoms with Crippen LogP contribution in [0.25, 0.3) is 11.3 Å². The zero-order valence-electron chi connectivity index (χ0n) is 15.2. The summed E-state index contributed by atoms with van der Waals surface area (Å²) in [5.41, 5.74) is 7.93. The molecule has 0 saturated carbocycles. The Kier molecular flexibility index (Phi) is 6.25. The SMILES string of the molecule is NC(=O)CNC(=O)c1ccc(CNC(=O)c2cc(-c3cccc(Cl)c3)n[nH]2)cc1. The van der Waals surface area contributed by atoms with Crippen molar-refractivity contribution in [3.8, 4) is 11.3 Å². The number of carbonyl (C=O) groups excluding carboxylic acids is 3. The summed E-state index contributed by atoms with van der Waals surface area (Å²) in [5.74, 6) is -1.32. The van der Waals surface area contributed by atoms with E-state index in [4.69, 9.17) is 17.3 Å². The number of halogens is 1. The van der Waals surface area contributed by atoms with E-state index in [-0.39, 0.29) is 19.0 Å². The number of aromatic nitrogens is 2. The molecule has 3 amide bonds. The largest absolute Gasteiger partial charge is 0.368 e. The fourth-order valence-corrected chi connectivity index (χ4v) is 2.75. The predicted octanol–water partition coefficient (Wildman–Crippen LogP) is 1.88. The lowest BCUT2D eigenvalue weighted by atomic mass is 10.1. The first-order valence-corrected chi connectivity index (χ1v) is 9.05. The molecule has 8 nitrogen and oxygen atoms in total. The number of benzene rings is 2. The van der Waals surface area contributed by atoms with Crippen LogP contribution in [0, 0.1) is 0 Å². The molecule has 29 heavy (non-hydrogen) atoms. The summed E-state index contributed by atoms with van der Waals surface area (Å²) in [4.78, 5) is 34.9. The van der Waals surface area contributed by atoms with E-state index in [0.29, 0.717) is 22.0 Å². The second-order valence-corrected chi connectivity index (χ2v) is 6.64. The summed E-state index contributed by atoms with van der Waals surface area (Å²) in [6, 6.07) is 15.5. The molecular weight excluding hydrogens is 394 g/mol. The van der Waals surface area contributed by atoms with Crippen LogP contribution in [0.3, 0.4) is 0 Å². The smallest absolute Gasteiger partial charge is 0.269 e. The van der Waals surface area contributed by atoms with E-state index in [1.54, 1.807) is 42.5 Å². The van der Waals surface area contributed by atoms with Gasteiger partial charge in [-0.3, -0.25) is 19.5 Å². The van der Waals surface area contributed by atoms with E-state index in [2.05, 4.69) is 20.8 Å². The topological polar surface area (TPSA) is 130 Å². The molecule has 0 radical (unpaired) electrons. The van der Waals surface area contributed by atoms with Gasteiger partial charge in [0.15, 0.2) is 0 Å². The summed E-state index contributed by atoms with van der Waals surface area (Å²) in [5, 5.41) is 12.6. The minimum atomic E-state index is -0.616. The Hall–Kier alpha value is -3.65. The van der Waals surface area contributed by atoms with Crippen molar-refractivity contribution in [3.05, 3.63) is 76.4 Å². The van der Waals surface area contributed by atoms with Gasteiger partial charge in [0.25, 0.3) is 11.8 Å². The predicted molar refractivity (Wildman–Crippen MR) is 108 cm³/mol. The van der Waals surface area contributed by atoms with Gasteiger partial charge >= 0.3 is 0 Å². The second kappa shape index (κ2) is 9.03. The molecule has 1 heterocycles. The van der Waals surface area contributed by atoms with Crippen LogP contribution in [-0.2, 0) is 11.3 Å². The van der Waals surface area contributed by atoms with E-state index in [0.717, 1.165) is 11.1 Å². The number of nitrogens with two attached hydrogens (primary N) is 1. The van der Waals surface area contributed by atoms with E-state index in [1.807, 2.05) is 12.1 Å². The van der Waals surface area contributed by atoms with Gasteiger partial charge in [0.05, 0.1) is 12.2 Å². The van der Waals surface area contributed by atoms with Crippen LogP contribution in [-0.4, -0.2) is 34.5 Å². The van der Waals surface area contributed by atoms with E-state index >= 15 is 0 Å². The number of aromatic amines is 1. The van der Waals surface area contributed by atoms with Gasteiger partial charge in [0.2, 0.25) is 5.91 Å². The number of H-pyrrole nitrogens is 1. The maximum absolute atomic E-state index is 12.3. The third-order valence-electron chi connectivity index (χ3n) is 4.04. The van der Waals surface area contributed by atoms with Crippen LogP contribution in [0.2, 0.25) is 5.02 Å². The van der Waals surface area contributed by atoms with Crippen LogP contribution < -0.4 is 16.4 Å². The van der Waals surface area contributed by atoms with Gasteiger partial charge in [0.1, 0.15) is 5.69 Å². The summed E-state index contributed by atoms with van der Waals surface area (Å²) in [6.45, 7) is 0.0472. The first-order valence-electron chi connectivity index (χ1n) is 8.67. The average Bonchev–Trinajstić information content (AvgIpc) is 3.21. The molecule has 0 bridgehead atoms. The molecular formula is C20H18ClN5O3. The van der Waals surface area contributed by atoms with Gasteiger partial charge in [-0.25, -0.2) is 0 Å². The molecule has 9 heteroatoms. The third kappa shape index (κ3) is 5.43. The van der Waals surface area contributed by atoms with Gasteiger partial charge in [-0.1, -0.05) is 35.9 Å². The fourth-order valence-electron chi connectivity index (χ4n) is 2.55. The number of hydrogen-bond acceptors (Lipinski definition) is 4. The number of nitrogens with zero attached hydrogens (tertiary/aromatic N) is 1. The molecule has 0 fully saturated rings. The number of hydrogen-bond donors (Lipinski definition) is 4. The van der Waals surface area contributed by atoms with Crippen LogP contribution in [0.1, 0.15) is 26.4 Å². The first kappa shape index (κ1) is 20.1. The maximum Gasteiger partial charge on any atom is 0.269 e. The highest BCUT2D eigenvalue weighted by atomic mass is 35.5. The van der Waals surface area contributed by atoms with E-state index in [9.17, 15) is 14.4 Å². The van der Waals surface area contributed by atoms with E-state index in [1.165, 1.54) is 0 Å². The van der Waals surface area contributed by atoms with Crippen molar-refractivity contribution in [2.24, 2.45) is 5.73 Å². The van der Waals surface area contributed by atoms with Crippen molar-refractivity contribution >= 4 is 29.3 Å². The lowest BCUT2D eigenvalue weighted by Crippen LogP contribution is -2.33. The summed E-state index contributed by atoms with van der Waals surface area (Å²) >= 11 is 5.98. The zero-order valence-corrected chi connectivity index (χ0v) is 16.0. The lowest BCUT2D eigenvalue weighted by molar-refractivity contribution is -0.117. The second-order valence-electron chi connectivity index (χ2n) is 6.21. The number of nitrogens with one attached hydrogen (secondary N) is 3. The molecule has 2 aromatic carbocycles. The molecule has 3 rings (SSSR count). The molecule has 0 unspecified atom stereocenters. The number of amides is 3. The molecule has 0 saturated heterocycles. The van der Waals surface area contributed by atoms with Gasteiger partial charge < -0.3 is 16.4 Å². The normalized spacial score (nSPS) is 10.4. The standard InChI is InChI=1S/C20H18ClN5O3/c21-15-3-1-2-14(8-15)16-9-17(26-25-16)20(29)23-10-12-4-6-13(7-5-12)19(28)24-11-18(22)27/h1-9H,10-11H2,(H2,22,27)(H,23,29)(H,24,28)(H,25,26). The average molecular weight is 412 g/mol. The Labute approximate surface area is 171 Å². The van der Waals surface area contributed by atoms with Gasteiger partial charge in [-0.2, -0.15) is 5.10 Å². The first-order chi connectivity index (χ1) is 13.9. The summed E-state index contributed by atoms with van der Waals surface area (Å²) in [7, 11) is 0. The van der Waals surface area contributed by atoms with Crippen molar-refractivity contribution in [2.45, 2.75) is 6.54 Å². The minimum absolute atomic E-state index is 0.224. The van der Waals surface area contributed by atoms with Crippen molar-refractivity contribution in [3.63, 3.8) is 0 Å². The molecule has 0 atom stereocenters. The molecule has 0 spiro atoms. The molecule has 0 aliphatic heterocycles. The van der Waals surface area contributed by atoms with Crippen molar-refractivity contribution in [2.75, 3.05) is 6.54 Å². The van der Waals surface area contributed by atoms with Crippen LogP contribution in [0.4, 0.5) is 0 Å². The van der Waals surface area contributed by atoms with Crippen molar-refractivity contribution < 1.29 is 14.4 Å². The zero-order chi connectivity index (χ0) is 20.8. The Balaban J connectivity index is 1.57. The molecule has 0 aliphatic rings. The quantitative estimate of drug-likeness (QED) is 0.472. The van der Waals surface area contributed by atoms with Gasteiger partial charge in [0, 0.05) is 22.7 Å². The lowest BCUT2D eigenvalue weighted by Gasteiger charge is -2.06.